The van der Waals surface area contributed by atoms with Crippen molar-refractivity contribution in [2.75, 3.05) is 46.4 Å². The zero-order valence-electron chi connectivity index (χ0n) is 18.1. The number of benzene rings is 1. The molecule has 0 saturated carbocycles. The second-order valence-corrected chi connectivity index (χ2v) is 7.54. The van der Waals surface area contributed by atoms with E-state index in [2.05, 4.69) is 58.2 Å². The van der Waals surface area contributed by atoms with Crippen LogP contribution >= 0.6 is 24.0 Å². The van der Waals surface area contributed by atoms with E-state index in [4.69, 9.17) is 9.47 Å². The maximum atomic E-state index is 5.98. The van der Waals surface area contributed by atoms with E-state index in [9.17, 15) is 0 Å². The molecule has 7 heteroatoms. The van der Waals surface area contributed by atoms with Crippen LogP contribution in [-0.2, 0) is 22.6 Å². The first-order chi connectivity index (χ1) is 13.7. The Labute approximate surface area is 193 Å². The molecule has 0 amide bonds. The Morgan fingerprint density at radius 2 is 1.86 bits per heavy atom. The van der Waals surface area contributed by atoms with Gasteiger partial charge < -0.3 is 19.7 Å². The minimum Gasteiger partial charge on any atom is -0.375 e. The van der Waals surface area contributed by atoms with Crippen molar-refractivity contribution >= 4 is 29.9 Å². The van der Waals surface area contributed by atoms with Crippen molar-refractivity contribution in [3.63, 3.8) is 0 Å². The van der Waals surface area contributed by atoms with Crippen LogP contribution in [0.1, 0.15) is 37.8 Å². The average molecular weight is 516 g/mol. The molecule has 2 aliphatic heterocycles. The molecule has 3 rings (SSSR count). The van der Waals surface area contributed by atoms with E-state index < -0.39 is 0 Å². The number of aliphatic imine (C=N–C) groups is 1. The monoisotopic (exact) mass is 516 g/mol. The van der Waals surface area contributed by atoms with Crippen molar-refractivity contribution in [1.82, 2.24) is 15.1 Å². The third kappa shape index (κ3) is 6.80. The fourth-order valence-corrected chi connectivity index (χ4v) is 4.07. The second-order valence-electron chi connectivity index (χ2n) is 7.54. The van der Waals surface area contributed by atoms with Gasteiger partial charge in [-0.1, -0.05) is 38.1 Å². The van der Waals surface area contributed by atoms with E-state index in [0.29, 0.717) is 0 Å². The Morgan fingerprint density at radius 3 is 2.52 bits per heavy atom. The summed E-state index contributed by atoms with van der Waals surface area (Å²) in [5.41, 5.74) is 2.72. The molecule has 1 aromatic rings. The molecule has 2 fully saturated rings. The van der Waals surface area contributed by atoms with E-state index in [0.717, 1.165) is 71.3 Å². The second kappa shape index (κ2) is 12.7. The van der Waals surface area contributed by atoms with Crippen LogP contribution in [0.15, 0.2) is 29.3 Å². The van der Waals surface area contributed by atoms with Gasteiger partial charge in [0.25, 0.3) is 0 Å². The lowest BCUT2D eigenvalue weighted by Gasteiger charge is -2.37. The molecule has 1 aromatic carbocycles. The number of ether oxygens (including phenoxy) is 2. The summed E-state index contributed by atoms with van der Waals surface area (Å²) in [4.78, 5) is 9.29. The maximum absolute atomic E-state index is 5.98. The number of morpholine rings is 1. The van der Waals surface area contributed by atoms with Crippen molar-refractivity contribution in [2.45, 2.75) is 52.0 Å². The third-order valence-electron chi connectivity index (χ3n) is 5.83. The van der Waals surface area contributed by atoms with Gasteiger partial charge >= 0.3 is 0 Å². The molecule has 29 heavy (non-hydrogen) atoms. The molecule has 2 heterocycles. The molecular formula is C22H37IN4O2. The first kappa shape index (κ1) is 24.4. The molecule has 2 atom stereocenters. The lowest BCUT2D eigenvalue weighted by atomic mass is 10.1. The number of nitrogens with one attached hydrogen (secondary N) is 1. The van der Waals surface area contributed by atoms with Crippen molar-refractivity contribution in [1.29, 1.82) is 0 Å². The molecule has 2 saturated heterocycles. The smallest absolute Gasteiger partial charge is 0.194 e. The summed E-state index contributed by atoms with van der Waals surface area (Å²) in [5.74, 6) is 0.948. The summed E-state index contributed by atoms with van der Waals surface area (Å²) in [5, 5.41) is 3.58. The van der Waals surface area contributed by atoms with Gasteiger partial charge in [-0.05, 0) is 37.1 Å². The van der Waals surface area contributed by atoms with Gasteiger partial charge in [0.1, 0.15) is 6.10 Å². The predicted molar refractivity (Wildman–Crippen MR) is 129 cm³/mol. The van der Waals surface area contributed by atoms with Gasteiger partial charge in [-0.3, -0.25) is 9.89 Å². The lowest BCUT2D eigenvalue weighted by Crippen LogP contribution is -2.53. The quantitative estimate of drug-likeness (QED) is 0.343. The number of hydrogen-bond acceptors (Lipinski definition) is 4. The molecule has 6 nitrogen and oxygen atoms in total. The molecule has 0 radical (unpaired) electrons. The van der Waals surface area contributed by atoms with E-state index in [1.165, 1.54) is 11.1 Å². The Hall–Kier alpha value is -0.900. The van der Waals surface area contributed by atoms with E-state index in [-0.39, 0.29) is 36.2 Å². The number of rotatable bonds is 7. The Balaban J connectivity index is 0.00000300. The first-order valence-electron chi connectivity index (χ1n) is 10.7. The largest absolute Gasteiger partial charge is 0.375 e. The predicted octanol–water partition coefficient (Wildman–Crippen LogP) is 3.10. The number of hydrogen-bond donors (Lipinski definition) is 1. The van der Waals surface area contributed by atoms with Gasteiger partial charge in [-0.25, -0.2) is 0 Å². The molecule has 0 spiro atoms. The van der Waals surface area contributed by atoms with Crippen LogP contribution < -0.4 is 5.32 Å². The van der Waals surface area contributed by atoms with Gasteiger partial charge in [0.2, 0.25) is 0 Å². The van der Waals surface area contributed by atoms with Crippen molar-refractivity contribution < 1.29 is 9.47 Å². The SMILES string of the molecule is CCN(CC)Cc1ccccc1CNC(=NC)N1CCOC(C2CCCO2)C1.I. The van der Waals surface area contributed by atoms with E-state index >= 15 is 0 Å². The van der Waals surface area contributed by atoms with Gasteiger partial charge in [0.05, 0.1) is 12.7 Å². The number of nitrogens with zero attached hydrogens (tertiary/aromatic N) is 3. The summed E-state index contributed by atoms with van der Waals surface area (Å²) in [6.07, 6.45) is 2.62. The normalized spacial score (nSPS) is 22.6. The van der Waals surface area contributed by atoms with Crippen LogP contribution in [0, 0.1) is 0 Å². The summed E-state index contributed by atoms with van der Waals surface area (Å²) in [6, 6.07) is 8.70. The van der Waals surface area contributed by atoms with Crippen molar-refractivity contribution in [3.8, 4) is 0 Å². The van der Waals surface area contributed by atoms with E-state index in [1.807, 2.05) is 7.05 Å². The standard InChI is InChI=1S/C22H36N4O2.HI/c1-4-25(5-2)16-19-10-7-6-9-18(19)15-24-22(23-3)26-12-14-28-21(17-26)20-11-8-13-27-20;/h6-7,9-10,20-21H,4-5,8,11-17H2,1-3H3,(H,23,24);1H. The first-order valence-corrected chi connectivity index (χ1v) is 10.7. The highest BCUT2D eigenvalue weighted by Gasteiger charge is 2.32. The Morgan fingerprint density at radius 1 is 1.14 bits per heavy atom. The number of halogens is 1. The minimum absolute atomic E-state index is 0. The summed E-state index contributed by atoms with van der Waals surface area (Å²) in [7, 11) is 1.86. The zero-order valence-corrected chi connectivity index (χ0v) is 20.4. The summed E-state index contributed by atoms with van der Waals surface area (Å²) in [6.45, 7) is 11.6. The molecule has 2 aliphatic rings. The minimum atomic E-state index is 0. The molecule has 1 N–H and O–H groups in total. The van der Waals surface area contributed by atoms with Gasteiger partial charge in [-0.2, -0.15) is 0 Å². The molecule has 164 valence electrons. The van der Waals surface area contributed by atoms with Crippen LogP contribution in [-0.4, -0.2) is 74.4 Å². The third-order valence-corrected chi connectivity index (χ3v) is 5.83. The average Bonchev–Trinajstić information content (AvgIpc) is 3.28. The van der Waals surface area contributed by atoms with Crippen LogP contribution in [0.2, 0.25) is 0 Å². The van der Waals surface area contributed by atoms with Crippen LogP contribution in [0.25, 0.3) is 0 Å². The highest BCUT2D eigenvalue weighted by molar-refractivity contribution is 14.0. The lowest BCUT2D eigenvalue weighted by molar-refractivity contribution is -0.0817. The highest BCUT2D eigenvalue weighted by atomic mass is 127. The van der Waals surface area contributed by atoms with Crippen molar-refractivity contribution in [3.05, 3.63) is 35.4 Å². The Kier molecular flexibility index (Phi) is 10.7. The molecule has 0 aliphatic carbocycles. The fourth-order valence-electron chi connectivity index (χ4n) is 4.07. The van der Waals surface area contributed by atoms with Crippen molar-refractivity contribution in [2.24, 2.45) is 4.99 Å². The Bertz CT molecular complexity index is 633. The summed E-state index contributed by atoms with van der Waals surface area (Å²) >= 11 is 0. The van der Waals surface area contributed by atoms with Gasteiger partial charge in [0, 0.05) is 39.8 Å². The summed E-state index contributed by atoms with van der Waals surface area (Å²) < 4.78 is 11.8. The highest BCUT2D eigenvalue weighted by Crippen LogP contribution is 2.21. The molecule has 2 unspecified atom stereocenters. The van der Waals surface area contributed by atoms with Crippen LogP contribution in [0.4, 0.5) is 0 Å². The van der Waals surface area contributed by atoms with Gasteiger partial charge in [0.15, 0.2) is 5.96 Å². The van der Waals surface area contributed by atoms with Crippen LogP contribution in [0.5, 0.6) is 0 Å². The number of guanidine groups is 1. The van der Waals surface area contributed by atoms with Crippen LogP contribution in [0.3, 0.4) is 0 Å². The maximum Gasteiger partial charge on any atom is 0.194 e. The molecule has 0 bridgehead atoms. The zero-order chi connectivity index (χ0) is 19.8. The van der Waals surface area contributed by atoms with E-state index in [1.54, 1.807) is 0 Å². The molecule has 0 aromatic heterocycles. The van der Waals surface area contributed by atoms with Gasteiger partial charge in [-0.15, -0.1) is 24.0 Å². The topological polar surface area (TPSA) is 49.3 Å². The molecular weight excluding hydrogens is 479 g/mol. The fraction of sp³-hybridized carbons (Fsp3) is 0.682.